The summed E-state index contributed by atoms with van der Waals surface area (Å²) >= 11 is 0. The molecule has 0 fully saturated rings. The van der Waals surface area contributed by atoms with E-state index in [0.717, 1.165) is 5.56 Å². The summed E-state index contributed by atoms with van der Waals surface area (Å²) in [6.07, 6.45) is 0. The SMILES string of the molecule is CCOc1cc(CNC(C)C(=O)O)ccc1OCC(=O)O. The van der Waals surface area contributed by atoms with Crippen LogP contribution in [-0.2, 0) is 16.1 Å². The highest BCUT2D eigenvalue weighted by Gasteiger charge is 2.12. The van der Waals surface area contributed by atoms with Crippen LogP contribution in [0.1, 0.15) is 19.4 Å². The molecule has 0 spiro atoms. The maximum Gasteiger partial charge on any atom is 0.341 e. The van der Waals surface area contributed by atoms with Crippen molar-refractivity contribution in [2.24, 2.45) is 0 Å². The lowest BCUT2D eigenvalue weighted by Crippen LogP contribution is -2.33. The number of carbonyl (C=O) groups is 2. The van der Waals surface area contributed by atoms with Gasteiger partial charge in [0, 0.05) is 6.54 Å². The van der Waals surface area contributed by atoms with Crippen molar-refractivity contribution in [3.05, 3.63) is 23.8 Å². The Hall–Kier alpha value is -2.28. The van der Waals surface area contributed by atoms with E-state index in [1.54, 1.807) is 32.0 Å². The van der Waals surface area contributed by atoms with Gasteiger partial charge >= 0.3 is 11.9 Å². The highest BCUT2D eigenvalue weighted by molar-refractivity contribution is 5.72. The zero-order valence-electron chi connectivity index (χ0n) is 12.0. The van der Waals surface area contributed by atoms with E-state index in [2.05, 4.69) is 5.32 Å². The summed E-state index contributed by atoms with van der Waals surface area (Å²) in [6.45, 7) is 3.67. The molecular formula is C14H19NO6. The molecule has 3 N–H and O–H groups in total. The second kappa shape index (κ2) is 8.11. The summed E-state index contributed by atoms with van der Waals surface area (Å²) in [5.74, 6) is -1.23. The Labute approximate surface area is 122 Å². The highest BCUT2D eigenvalue weighted by atomic mass is 16.5. The third kappa shape index (κ3) is 5.70. The average Bonchev–Trinajstić information content (AvgIpc) is 2.43. The highest BCUT2D eigenvalue weighted by Crippen LogP contribution is 2.28. The molecule has 0 amide bonds. The number of hydrogen-bond acceptors (Lipinski definition) is 5. The maximum atomic E-state index is 10.7. The van der Waals surface area contributed by atoms with Crippen molar-refractivity contribution in [1.29, 1.82) is 0 Å². The van der Waals surface area contributed by atoms with Gasteiger partial charge in [-0.05, 0) is 31.5 Å². The molecule has 7 heteroatoms. The summed E-state index contributed by atoms with van der Waals surface area (Å²) in [4.78, 5) is 21.2. The van der Waals surface area contributed by atoms with Crippen LogP contribution in [-0.4, -0.2) is 41.4 Å². The molecule has 0 heterocycles. The van der Waals surface area contributed by atoms with Crippen LogP contribution in [0.25, 0.3) is 0 Å². The van der Waals surface area contributed by atoms with Crippen molar-refractivity contribution in [3.63, 3.8) is 0 Å². The molecule has 0 aliphatic carbocycles. The smallest absolute Gasteiger partial charge is 0.341 e. The zero-order valence-corrected chi connectivity index (χ0v) is 12.0. The lowest BCUT2D eigenvalue weighted by molar-refractivity contribution is -0.140. The van der Waals surface area contributed by atoms with E-state index in [1.807, 2.05) is 0 Å². The van der Waals surface area contributed by atoms with E-state index in [9.17, 15) is 9.59 Å². The van der Waals surface area contributed by atoms with Crippen molar-refractivity contribution in [2.75, 3.05) is 13.2 Å². The molecule has 0 aliphatic rings. The average molecular weight is 297 g/mol. The molecule has 0 saturated carbocycles. The first-order chi connectivity index (χ1) is 9.93. The van der Waals surface area contributed by atoms with Gasteiger partial charge in [0.1, 0.15) is 6.04 Å². The molecule has 21 heavy (non-hydrogen) atoms. The number of benzene rings is 1. The molecule has 0 aliphatic heterocycles. The van der Waals surface area contributed by atoms with Gasteiger partial charge in [0.2, 0.25) is 0 Å². The van der Waals surface area contributed by atoms with Crippen LogP contribution in [0.3, 0.4) is 0 Å². The first kappa shape index (κ1) is 16.8. The molecule has 0 radical (unpaired) electrons. The monoisotopic (exact) mass is 297 g/mol. The van der Waals surface area contributed by atoms with Crippen molar-refractivity contribution in [1.82, 2.24) is 5.32 Å². The number of nitrogens with one attached hydrogen (secondary N) is 1. The van der Waals surface area contributed by atoms with E-state index in [0.29, 0.717) is 24.7 Å². The predicted octanol–water partition coefficient (Wildman–Crippen LogP) is 1.11. The lowest BCUT2D eigenvalue weighted by atomic mass is 10.2. The number of carboxylic acids is 2. The largest absolute Gasteiger partial charge is 0.490 e. The lowest BCUT2D eigenvalue weighted by Gasteiger charge is -2.14. The Morgan fingerprint density at radius 3 is 2.52 bits per heavy atom. The predicted molar refractivity (Wildman–Crippen MR) is 74.7 cm³/mol. The standard InChI is InChI=1S/C14H19NO6/c1-3-20-12-6-10(7-15-9(2)14(18)19)4-5-11(12)21-8-13(16)17/h4-6,9,15H,3,7-8H2,1-2H3,(H,16,17)(H,18,19). The van der Waals surface area contributed by atoms with Gasteiger partial charge in [-0.3, -0.25) is 4.79 Å². The van der Waals surface area contributed by atoms with Crippen LogP contribution in [0, 0.1) is 0 Å². The fraction of sp³-hybridized carbons (Fsp3) is 0.429. The van der Waals surface area contributed by atoms with Crippen LogP contribution in [0.4, 0.5) is 0 Å². The Kier molecular flexibility index (Phi) is 6.48. The van der Waals surface area contributed by atoms with Crippen LogP contribution in [0.15, 0.2) is 18.2 Å². The summed E-state index contributed by atoms with van der Waals surface area (Å²) in [5.41, 5.74) is 0.814. The van der Waals surface area contributed by atoms with Gasteiger partial charge in [0.05, 0.1) is 6.61 Å². The minimum absolute atomic E-state index is 0.342. The number of hydrogen-bond donors (Lipinski definition) is 3. The molecule has 1 rings (SSSR count). The van der Waals surface area contributed by atoms with E-state index >= 15 is 0 Å². The van der Waals surface area contributed by atoms with Gasteiger partial charge in [-0.1, -0.05) is 6.07 Å². The second-order valence-corrected chi connectivity index (χ2v) is 4.34. The first-order valence-electron chi connectivity index (χ1n) is 6.50. The van der Waals surface area contributed by atoms with E-state index in [4.69, 9.17) is 19.7 Å². The minimum Gasteiger partial charge on any atom is -0.490 e. The fourth-order valence-corrected chi connectivity index (χ4v) is 1.55. The van der Waals surface area contributed by atoms with Gasteiger partial charge in [-0.15, -0.1) is 0 Å². The number of carboxylic acid groups (broad SMARTS) is 2. The van der Waals surface area contributed by atoms with Crippen molar-refractivity contribution in [2.45, 2.75) is 26.4 Å². The summed E-state index contributed by atoms with van der Waals surface area (Å²) < 4.78 is 10.5. The first-order valence-corrected chi connectivity index (χ1v) is 6.50. The quantitative estimate of drug-likeness (QED) is 0.627. The molecule has 1 atom stereocenters. The third-order valence-corrected chi connectivity index (χ3v) is 2.64. The van der Waals surface area contributed by atoms with Crippen LogP contribution in [0.2, 0.25) is 0 Å². The summed E-state index contributed by atoms with van der Waals surface area (Å²) in [5, 5.41) is 20.3. The molecule has 1 unspecified atom stereocenters. The van der Waals surface area contributed by atoms with E-state index < -0.39 is 24.6 Å². The Morgan fingerprint density at radius 2 is 1.95 bits per heavy atom. The molecule has 116 valence electrons. The summed E-state index contributed by atoms with van der Waals surface area (Å²) in [6, 6.07) is 4.36. The Bertz CT molecular complexity index is 502. The van der Waals surface area contributed by atoms with Gasteiger partial charge in [0.25, 0.3) is 0 Å². The van der Waals surface area contributed by atoms with Crippen molar-refractivity contribution < 1.29 is 29.3 Å². The Morgan fingerprint density at radius 1 is 1.24 bits per heavy atom. The van der Waals surface area contributed by atoms with Gasteiger partial charge in [0.15, 0.2) is 18.1 Å². The van der Waals surface area contributed by atoms with Crippen LogP contribution < -0.4 is 14.8 Å². The topological polar surface area (TPSA) is 105 Å². The van der Waals surface area contributed by atoms with Crippen LogP contribution in [0.5, 0.6) is 11.5 Å². The summed E-state index contributed by atoms with van der Waals surface area (Å²) in [7, 11) is 0. The van der Waals surface area contributed by atoms with Crippen molar-refractivity contribution in [3.8, 4) is 11.5 Å². The van der Waals surface area contributed by atoms with Gasteiger partial charge in [-0.25, -0.2) is 4.79 Å². The third-order valence-electron chi connectivity index (χ3n) is 2.64. The number of rotatable bonds is 9. The normalized spacial score (nSPS) is 11.7. The van der Waals surface area contributed by atoms with Crippen LogP contribution >= 0.6 is 0 Å². The van der Waals surface area contributed by atoms with E-state index in [-0.39, 0.29) is 0 Å². The van der Waals surface area contributed by atoms with E-state index in [1.165, 1.54) is 0 Å². The molecule has 1 aromatic rings. The van der Waals surface area contributed by atoms with Gasteiger partial charge in [-0.2, -0.15) is 0 Å². The number of ether oxygens (including phenoxy) is 2. The minimum atomic E-state index is -1.07. The molecule has 0 saturated heterocycles. The molecule has 0 aromatic heterocycles. The Balaban J connectivity index is 2.77. The molecule has 0 bridgehead atoms. The zero-order chi connectivity index (χ0) is 15.8. The molecule has 1 aromatic carbocycles. The maximum absolute atomic E-state index is 10.7. The number of aliphatic carboxylic acids is 2. The molecular weight excluding hydrogens is 278 g/mol. The second-order valence-electron chi connectivity index (χ2n) is 4.34. The molecule has 7 nitrogen and oxygen atoms in total. The van der Waals surface area contributed by atoms with Gasteiger partial charge < -0.3 is 25.0 Å². The van der Waals surface area contributed by atoms with Crippen molar-refractivity contribution >= 4 is 11.9 Å². The fourth-order valence-electron chi connectivity index (χ4n) is 1.55.